The van der Waals surface area contributed by atoms with Crippen molar-refractivity contribution in [1.82, 2.24) is 20.2 Å². The summed E-state index contributed by atoms with van der Waals surface area (Å²) in [7, 11) is 0. The van der Waals surface area contributed by atoms with E-state index >= 15 is 0 Å². The molecule has 0 amide bonds. The van der Waals surface area contributed by atoms with Crippen LogP contribution >= 0.6 is 0 Å². The number of benzene rings is 1. The van der Waals surface area contributed by atoms with Gasteiger partial charge in [0.15, 0.2) is 0 Å². The number of fused-ring (bicyclic) bond motifs is 1. The molecule has 3 rings (SSSR count). The molecule has 0 bridgehead atoms. The third-order valence-electron chi connectivity index (χ3n) is 4.09. The predicted octanol–water partition coefficient (Wildman–Crippen LogP) is 2.91. The van der Waals surface area contributed by atoms with E-state index in [2.05, 4.69) is 25.6 Å². The van der Waals surface area contributed by atoms with Gasteiger partial charge in [0.05, 0.1) is 12.2 Å². The fourth-order valence-electron chi connectivity index (χ4n) is 2.86. The summed E-state index contributed by atoms with van der Waals surface area (Å²) in [4.78, 5) is 12.7. The monoisotopic (exact) mass is 379 g/mol. The molecule has 1 aliphatic heterocycles. The first-order chi connectivity index (χ1) is 13.0. The van der Waals surface area contributed by atoms with Crippen LogP contribution in [0.1, 0.15) is 38.3 Å². The van der Waals surface area contributed by atoms with E-state index in [1.165, 1.54) is 10.7 Å². The average Bonchev–Trinajstić information content (AvgIpc) is 3.08. The number of allylic oxidation sites excluding steroid dienone is 1. The summed E-state index contributed by atoms with van der Waals surface area (Å²) in [6.45, 7) is 0.912. The maximum absolute atomic E-state index is 12.9. The molecule has 27 heavy (non-hydrogen) atoms. The molecule has 0 fully saturated rings. The molecule has 1 unspecified atom stereocenters. The molecule has 1 aromatic carbocycles. The van der Waals surface area contributed by atoms with Gasteiger partial charge < -0.3 is 14.8 Å². The van der Waals surface area contributed by atoms with Gasteiger partial charge in [0, 0.05) is 11.3 Å². The van der Waals surface area contributed by atoms with Gasteiger partial charge in [0.25, 0.3) is 0 Å². The lowest BCUT2D eigenvalue weighted by molar-refractivity contribution is -0.139. The van der Waals surface area contributed by atoms with Crippen LogP contribution in [0, 0.1) is 0 Å². The number of esters is 1. The normalized spacial score (nSPS) is 16.1. The molecule has 0 aliphatic carbocycles. The fourth-order valence-corrected chi connectivity index (χ4v) is 2.86. The quantitative estimate of drug-likeness (QED) is 0.584. The van der Waals surface area contributed by atoms with Gasteiger partial charge in [-0.15, -0.1) is 0 Å². The molecule has 0 radical (unpaired) electrons. The number of hydrogen-bond donors (Lipinski definition) is 1. The highest BCUT2D eigenvalue weighted by molar-refractivity contribution is 5.92. The van der Waals surface area contributed by atoms with E-state index in [1.54, 1.807) is 25.1 Å². The van der Waals surface area contributed by atoms with Crippen LogP contribution in [0.3, 0.4) is 0 Å². The van der Waals surface area contributed by atoms with E-state index < -0.39 is 18.6 Å². The smallest absolute Gasteiger partial charge is 0.387 e. The van der Waals surface area contributed by atoms with Crippen molar-refractivity contribution in [2.75, 3.05) is 11.9 Å². The minimum Gasteiger partial charge on any atom is -0.462 e. The Balaban J connectivity index is 2.06. The lowest BCUT2D eigenvalue weighted by atomic mass is 9.95. The van der Waals surface area contributed by atoms with Gasteiger partial charge >= 0.3 is 12.6 Å². The summed E-state index contributed by atoms with van der Waals surface area (Å²) >= 11 is 0. The summed E-state index contributed by atoms with van der Waals surface area (Å²) in [5, 5.41) is 14.3. The lowest BCUT2D eigenvalue weighted by Crippen LogP contribution is -2.30. The number of aromatic nitrogens is 4. The maximum atomic E-state index is 12.9. The van der Waals surface area contributed by atoms with Crippen molar-refractivity contribution in [3.63, 3.8) is 0 Å². The van der Waals surface area contributed by atoms with Gasteiger partial charge in [-0.3, -0.25) is 0 Å². The van der Waals surface area contributed by atoms with Gasteiger partial charge in [-0.1, -0.05) is 36.6 Å². The van der Waals surface area contributed by atoms with Crippen LogP contribution in [0.25, 0.3) is 0 Å². The second-order valence-electron chi connectivity index (χ2n) is 5.92. The van der Waals surface area contributed by atoms with Gasteiger partial charge in [-0.25, -0.2) is 4.79 Å². The van der Waals surface area contributed by atoms with E-state index in [-0.39, 0.29) is 23.9 Å². The number of anilines is 1. The molecule has 1 aliphatic rings. The Morgan fingerprint density at radius 3 is 2.89 bits per heavy atom. The van der Waals surface area contributed by atoms with Crippen molar-refractivity contribution in [2.45, 2.75) is 39.3 Å². The van der Waals surface area contributed by atoms with Crippen LogP contribution in [0.4, 0.5) is 14.7 Å². The molecule has 1 atom stereocenters. The number of ether oxygens (including phenoxy) is 2. The van der Waals surface area contributed by atoms with Crippen LogP contribution in [0.5, 0.6) is 5.75 Å². The predicted molar refractivity (Wildman–Crippen MR) is 91.2 cm³/mol. The number of rotatable bonds is 7. The maximum Gasteiger partial charge on any atom is 0.387 e. The van der Waals surface area contributed by atoms with Crippen molar-refractivity contribution in [3.8, 4) is 5.75 Å². The Kier molecular flexibility index (Phi) is 5.63. The highest BCUT2D eigenvalue weighted by Gasteiger charge is 2.36. The Hall–Kier alpha value is -3.04. The number of nitrogens with zero attached hydrogens (tertiary/aromatic N) is 4. The second-order valence-corrected chi connectivity index (χ2v) is 5.92. The first-order valence-corrected chi connectivity index (χ1v) is 8.49. The number of halogens is 2. The summed E-state index contributed by atoms with van der Waals surface area (Å²) in [5.74, 6) is -0.339. The lowest BCUT2D eigenvalue weighted by Gasteiger charge is -2.28. The van der Waals surface area contributed by atoms with E-state index in [0.29, 0.717) is 11.3 Å². The summed E-state index contributed by atoms with van der Waals surface area (Å²) in [5.41, 5.74) is 1.04. The van der Waals surface area contributed by atoms with Gasteiger partial charge in [-0.05, 0) is 29.8 Å². The zero-order valence-electron chi connectivity index (χ0n) is 14.9. The zero-order valence-corrected chi connectivity index (χ0v) is 14.9. The Labute approximate surface area is 154 Å². The van der Waals surface area contributed by atoms with E-state index in [1.807, 2.05) is 6.92 Å². The Morgan fingerprint density at radius 2 is 2.15 bits per heavy atom. The topological polar surface area (TPSA) is 91.2 Å². The molecular weight excluding hydrogens is 360 g/mol. The minimum absolute atomic E-state index is 0.0625. The SMILES string of the molecule is CCCCOC(=O)C1=C(C)Nc2nnnn2C1c1ccccc1OC(F)F. The summed E-state index contributed by atoms with van der Waals surface area (Å²) in [6.07, 6.45) is 1.59. The molecule has 8 nitrogen and oxygen atoms in total. The van der Waals surface area contributed by atoms with Crippen LogP contribution in [0.2, 0.25) is 0 Å². The number of alkyl halides is 2. The number of unbranched alkanes of at least 4 members (excludes halogenated alkanes) is 1. The molecular formula is C17H19F2N5O3. The summed E-state index contributed by atoms with van der Waals surface area (Å²) < 4.78 is 37.0. The molecule has 0 saturated heterocycles. The average molecular weight is 379 g/mol. The van der Waals surface area contributed by atoms with Crippen molar-refractivity contribution < 1.29 is 23.0 Å². The highest BCUT2D eigenvalue weighted by atomic mass is 19.3. The Morgan fingerprint density at radius 1 is 1.37 bits per heavy atom. The van der Waals surface area contributed by atoms with E-state index in [4.69, 9.17) is 4.74 Å². The second kappa shape index (κ2) is 8.11. The molecule has 10 heteroatoms. The number of tetrazole rings is 1. The van der Waals surface area contributed by atoms with E-state index in [9.17, 15) is 13.6 Å². The minimum atomic E-state index is -3.01. The Bertz CT molecular complexity index is 853. The number of carbonyl (C=O) groups is 1. The van der Waals surface area contributed by atoms with Crippen LogP contribution < -0.4 is 10.1 Å². The number of nitrogens with one attached hydrogen (secondary N) is 1. The summed E-state index contributed by atoms with van der Waals surface area (Å²) in [6, 6.07) is 5.36. The van der Waals surface area contributed by atoms with Crippen LogP contribution in [0.15, 0.2) is 35.5 Å². The van der Waals surface area contributed by atoms with Gasteiger partial charge in [0.2, 0.25) is 5.95 Å². The fraction of sp³-hybridized carbons (Fsp3) is 0.412. The van der Waals surface area contributed by atoms with Crippen LogP contribution in [-0.2, 0) is 9.53 Å². The van der Waals surface area contributed by atoms with Crippen molar-refractivity contribution in [3.05, 3.63) is 41.1 Å². The van der Waals surface area contributed by atoms with E-state index in [0.717, 1.165) is 12.8 Å². The highest BCUT2D eigenvalue weighted by Crippen LogP contribution is 2.39. The largest absolute Gasteiger partial charge is 0.462 e. The molecule has 2 heterocycles. The zero-order chi connectivity index (χ0) is 19.4. The third-order valence-corrected chi connectivity index (χ3v) is 4.09. The number of carbonyl (C=O) groups excluding carboxylic acids is 1. The van der Waals surface area contributed by atoms with Crippen molar-refractivity contribution in [1.29, 1.82) is 0 Å². The number of para-hydroxylation sites is 1. The van der Waals surface area contributed by atoms with Crippen LogP contribution in [-0.4, -0.2) is 39.4 Å². The first kappa shape index (κ1) is 18.7. The van der Waals surface area contributed by atoms with Crippen molar-refractivity contribution in [2.24, 2.45) is 0 Å². The van der Waals surface area contributed by atoms with Crippen molar-refractivity contribution >= 4 is 11.9 Å². The standard InChI is InChI=1S/C17H19F2N5O3/c1-3-4-9-26-15(25)13-10(2)20-17-21-22-23-24(17)14(13)11-7-5-6-8-12(11)27-16(18)19/h5-8,14,16H,3-4,9H2,1-2H3,(H,20,21,23). The third kappa shape index (κ3) is 3.88. The molecule has 2 aromatic rings. The molecule has 1 aromatic heterocycles. The molecule has 144 valence electrons. The van der Waals surface area contributed by atoms with Gasteiger partial charge in [0.1, 0.15) is 11.8 Å². The van der Waals surface area contributed by atoms with Gasteiger partial charge in [-0.2, -0.15) is 13.5 Å². The molecule has 0 saturated carbocycles. The molecule has 0 spiro atoms. The first-order valence-electron chi connectivity index (χ1n) is 8.49. The molecule has 1 N–H and O–H groups in total. The number of hydrogen-bond acceptors (Lipinski definition) is 7.